The first-order chi connectivity index (χ1) is 9.30. The molecule has 1 aliphatic carbocycles. The molecule has 1 aromatic rings. The van der Waals surface area contributed by atoms with Gasteiger partial charge in [-0.1, -0.05) is 0 Å². The zero-order chi connectivity index (χ0) is 14.9. The van der Waals surface area contributed by atoms with Crippen LogP contribution >= 0.6 is 0 Å². The molecule has 1 fully saturated rings. The highest BCUT2D eigenvalue weighted by Gasteiger charge is 2.38. The molecule has 0 aliphatic heterocycles. The van der Waals surface area contributed by atoms with Crippen molar-refractivity contribution in [3.63, 3.8) is 0 Å². The van der Waals surface area contributed by atoms with E-state index in [-0.39, 0.29) is 11.7 Å². The van der Waals surface area contributed by atoms with E-state index >= 15 is 0 Å². The number of nitrogens with one attached hydrogen (secondary N) is 1. The SMILES string of the molecule is CC(C)(C)OC(=O)Nc1ccc(F)cc1C1CC1CN. The van der Waals surface area contributed by atoms with Crippen molar-refractivity contribution < 1.29 is 13.9 Å². The number of benzene rings is 1. The molecule has 2 atom stereocenters. The van der Waals surface area contributed by atoms with Crippen LogP contribution in [0, 0.1) is 11.7 Å². The van der Waals surface area contributed by atoms with E-state index < -0.39 is 11.7 Å². The third kappa shape index (κ3) is 3.70. The molecule has 2 rings (SSSR count). The fourth-order valence-corrected chi connectivity index (χ4v) is 2.26. The molecule has 0 aromatic heterocycles. The van der Waals surface area contributed by atoms with Crippen LogP contribution in [0.2, 0.25) is 0 Å². The topological polar surface area (TPSA) is 64.3 Å². The van der Waals surface area contributed by atoms with Crippen molar-refractivity contribution in [3.05, 3.63) is 29.6 Å². The number of nitrogens with two attached hydrogens (primary N) is 1. The summed E-state index contributed by atoms with van der Waals surface area (Å²) in [5.74, 6) is 0.286. The maximum atomic E-state index is 13.4. The Morgan fingerprint density at radius 2 is 2.20 bits per heavy atom. The minimum Gasteiger partial charge on any atom is -0.444 e. The molecule has 20 heavy (non-hydrogen) atoms. The average molecular weight is 280 g/mol. The van der Waals surface area contributed by atoms with Crippen LogP contribution in [0.3, 0.4) is 0 Å². The van der Waals surface area contributed by atoms with Crippen LogP contribution in [0.25, 0.3) is 0 Å². The molecule has 0 spiro atoms. The lowest BCUT2D eigenvalue weighted by Gasteiger charge is -2.20. The van der Waals surface area contributed by atoms with Gasteiger partial charge in [-0.2, -0.15) is 0 Å². The number of carbonyl (C=O) groups excluding carboxylic acids is 1. The van der Waals surface area contributed by atoms with Gasteiger partial charge in [0, 0.05) is 5.69 Å². The van der Waals surface area contributed by atoms with Crippen LogP contribution in [-0.2, 0) is 4.74 Å². The quantitative estimate of drug-likeness (QED) is 0.893. The van der Waals surface area contributed by atoms with E-state index in [1.807, 2.05) is 0 Å². The molecular weight excluding hydrogens is 259 g/mol. The zero-order valence-electron chi connectivity index (χ0n) is 12.1. The molecule has 0 heterocycles. The Kier molecular flexibility index (Phi) is 3.99. The fraction of sp³-hybridized carbons (Fsp3) is 0.533. The lowest BCUT2D eigenvalue weighted by atomic mass is 10.1. The summed E-state index contributed by atoms with van der Waals surface area (Å²) in [5, 5.41) is 2.69. The van der Waals surface area contributed by atoms with Gasteiger partial charge in [-0.05, 0) is 69.3 Å². The van der Waals surface area contributed by atoms with Gasteiger partial charge >= 0.3 is 6.09 Å². The zero-order valence-corrected chi connectivity index (χ0v) is 12.1. The lowest BCUT2D eigenvalue weighted by Crippen LogP contribution is -2.27. The van der Waals surface area contributed by atoms with Crippen molar-refractivity contribution in [2.75, 3.05) is 11.9 Å². The predicted molar refractivity (Wildman–Crippen MR) is 76.2 cm³/mol. The van der Waals surface area contributed by atoms with Gasteiger partial charge in [-0.25, -0.2) is 9.18 Å². The number of hydrogen-bond acceptors (Lipinski definition) is 3. The third-order valence-corrected chi connectivity index (χ3v) is 3.27. The maximum Gasteiger partial charge on any atom is 0.412 e. The van der Waals surface area contributed by atoms with E-state index in [2.05, 4.69) is 5.32 Å². The van der Waals surface area contributed by atoms with Crippen LogP contribution in [0.1, 0.15) is 38.7 Å². The van der Waals surface area contributed by atoms with Crippen molar-refractivity contribution in [1.82, 2.24) is 0 Å². The summed E-state index contributed by atoms with van der Waals surface area (Å²) in [4.78, 5) is 11.8. The second-order valence-electron chi connectivity index (χ2n) is 6.20. The largest absolute Gasteiger partial charge is 0.444 e. The second kappa shape index (κ2) is 5.40. The van der Waals surface area contributed by atoms with Crippen molar-refractivity contribution in [1.29, 1.82) is 0 Å². The van der Waals surface area contributed by atoms with E-state index in [1.54, 1.807) is 26.8 Å². The van der Waals surface area contributed by atoms with Crippen LogP contribution in [-0.4, -0.2) is 18.2 Å². The first-order valence-electron chi connectivity index (χ1n) is 6.79. The van der Waals surface area contributed by atoms with Gasteiger partial charge in [0.25, 0.3) is 0 Å². The Hall–Kier alpha value is -1.62. The standard InChI is InChI=1S/C15H21FN2O2/c1-15(2,3)20-14(19)18-13-5-4-10(16)7-12(13)11-6-9(11)8-17/h4-5,7,9,11H,6,8,17H2,1-3H3,(H,18,19). The molecule has 3 N–H and O–H groups in total. The van der Waals surface area contributed by atoms with Gasteiger partial charge in [0.1, 0.15) is 11.4 Å². The van der Waals surface area contributed by atoms with Crippen LogP contribution in [0.15, 0.2) is 18.2 Å². The Morgan fingerprint density at radius 3 is 2.75 bits per heavy atom. The summed E-state index contributed by atoms with van der Waals surface area (Å²) in [5.41, 5.74) is 6.46. The van der Waals surface area contributed by atoms with Gasteiger partial charge in [0.05, 0.1) is 0 Å². The minimum absolute atomic E-state index is 0.223. The predicted octanol–water partition coefficient (Wildman–Crippen LogP) is 3.23. The van der Waals surface area contributed by atoms with E-state index in [4.69, 9.17) is 10.5 Å². The van der Waals surface area contributed by atoms with Crippen LogP contribution < -0.4 is 11.1 Å². The second-order valence-corrected chi connectivity index (χ2v) is 6.20. The molecule has 1 aliphatic rings. The highest BCUT2D eigenvalue weighted by Crippen LogP contribution is 2.49. The van der Waals surface area contributed by atoms with Crippen LogP contribution in [0.5, 0.6) is 0 Å². The highest BCUT2D eigenvalue weighted by atomic mass is 19.1. The summed E-state index contributed by atoms with van der Waals surface area (Å²) in [6.45, 7) is 5.96. The van der Waals surface area contributed by atoms with Crippen molar-refractivity contribution in [2.24, 2.45) is 11.7 Å². The first kappa shape index (κ1) is 14.8. The molecule has 0 radical (unpaired) electrons. The fourth-order valence-electron chi connectivity index (χ4n) is 2.26. The Morgan fingerprint density at radius 1 is 1.50 bits per heavy atom. The van der Waals surface area contributed by atoms with E-state index in [0.29, 0.717) is 18.2 Å². The monoisotopic (exact) mass is 280 g/mol. The van der Waals surface area contributed by atoms with Crippen molar-refractivity contribution >= 4 is 11.8 Å². The van der Waals surface area contributed by atoms with E-state index in [1.165, 1.54) is 12.1 Å². The molecular formula is C15H21FN2O2. The lowest BCUT2D eigenvalue weighted by molar-refractivity contribution is 0.0635. The molecule has 1 aromatic carbocycles. The molecule has 1 saturated carbocycles. The Labute approximate surface area is 118 Å². The number of ether oxygens (including phenoxy) is 1. The molecule has 4 nitrogen and oxygen atoms in total. The van der Waals surface area contributed by atoms with Crippen molar-refractivity contribution in [3.8, 4) is 0 Å². The molecule has 0 saturated heterocycles. The Balaban J connectivity index is 2.13. The van der Waals surface area contributed by atoms with Gasteiger partial charge in [0.15, 0.2) is 0 Å². The van der Waals surface area contributed by atoms with Gasteiger partial charge < -0.3 is 10.5 Å². The molecule has 0 bridgehead atoms. The summed E-state index contributed by atoms with van der Waals surface area (Å²) in [7, 11) is 0. The molecule has 110 valence electrons. The minimum atomic E-state index is -0.566. The first-order valence-corrected chi connectivity index (χ1v) is 6.79. The normalized spacial score (nSPS) is 21.4. The number of amides is 1. The Bertz CT molecular complexity index is 511. The summed E-state index contributed by atoms with van der Waals surface area (Å²) in [6, 6.07) is 4.36. The maximum absolute atomic E-state index is 13.4. The van der Waals surface area contributed by atoms with Crippen molar-refractivity contribution in [2.45, 2.75) is 38.7 Å². The van der Waals surface area contributed by atoms with Gasteiger partial charge in [0.2, 0.25) is 0 Å². The van der Waals surface area contributed by atoms with E-state index in [9.17, 15) is 9.18 Å². The average Bonchev–Trinajstić information content (AvgIpc) is 3.08. The summed E-state index contributed by atoms with van der Waals surface area (Å²) >= 11 is 0. The number of hydrogen-bond donors (Lipinski definition) is 2. The molecule has 1 amide bonds. The van der Waals surface area contributed by atoms with E-state index in [0.717, 1.165) is 12.0 Å². The third-order valence-electron chi connectivity index (χ3n) is 3.27. The summed E-state index contributed by atoms with van der Waals surface area (Å²) < 4.78 is 18.6. The molecule has 2 unspecified atom stereocenters. The van der Waals surface area contributed by atoms with Gasteiger partial charge in [-0.15, -0.1) is 0 Å². The highest BCUT2D eigenvalue weighted by molar-refractivity contribution is 5.86. The number of anilines is 1. The smallest absolute Gasteiger partial charge is 0.412 e. The summed E-state index contributed by atoms with van der Waals surface area (Å²) in [6.07, 6.45) is 0.401. The number of halogens is 1. The number of rotatable bonds is 3. The molecule has 5 heteroatoms. The number of carbonyl (C=O) groups is 1. The van der Waals surface area contributed by atoms with Crippen LogP contribution in [0.4, 0.5) is 14.9 Å². The van der Waals surface area contributed by atoms with Gasteiger partial charge in [-0.3, -0.25) is 5.32 Å².